The average Bonchev–Trinajstić information content (AvgIpc) is 2.67. The molecule has 18 heavy (non-hydrogen) atoms. The lowest BCUT2D eigenvalue weighted by molar-refractivity contribution is 0.0926. The largest absolute Gasteiger partial charge is 0.396 e. The van der Waals surface area contributed by atoms with Crippen molar-refractivity contribution in [2.45, 2.75) is 40.5 Å². The first-order valence-electron chi connectivity index (χ1n) is 6.25. The van der Waals surface area contributed by atoms with Crippen molar-refractivity contribution >= 4 is 5.91 Å². The molecule has 5 heteroatoms. The third-order valence-electron chi connectivity index (χ3n) is 3.01. The standard InChI is InChI=1S/C13H22N2O3/c1-5-10-11(9(2)18-15-10)12(17)14-8-13(3,4)6-7-16/h16H,5-8H2,1-4H3,(H,14,17). The first-order valence-corrected chi connectivity index (χ1v) is 6.25. The molecule has 0 spiro atoms. The maximum Gasteiger partial charge on any atom is 0.256 e. The van der Waals surface area contributed by atoms with Gasteiger partial charge in [0.05, 0.1) is 5.69 Å². The van der Waals surface area contributed by atoms with Crippen molar-refractivity contribution in [2.24, 2.45) is 5.41 Å². The maximum absolute atomic E-state index is 12.1. The number of amides is 1. The fourth-order valence-electron chi connectivity index (χ4n) is 1.75. The lowest BCUT2D eigenvalue weighted by Gasteiger charge is -2.23. The molecule has 0 aliphatic carbocycles. The van der Waals surface area contributed by atoms with Crippen LogP contribution in [0, 0.1) is 12.3 Å². The van der Waals surface area contributed by atoms with Crippen LogP contribution in [-0.2, 0) is 6.42 Å². The molecule has 0 bridgehead atoms. The summed E-state index contributed by atoms with van der Waals surface area (Å²) in [7, 11) is 0. The number of hydrogen-bond acceptors (Lipinski definition) is 4. The summed E-state index contributed by atoms with van der Waals surface area (Å²) >= 11 is 0. The minimum absolute atomic E-state index is 0.120. The molecule has 0 atom stereocenters. The zero-order valence-corrected chi connectivity index (χ0v) is 11.5. The van der Waals surface area contributed by atoms with E-state index in [4.69, 9.17) is 9.63 Å². The molecule has 0 fully saturated rings. The van der Waals surface area contributed by atoms with E-state index in [-0.39, 0.29) is 17.9 Å². The lowest BCUT2D eigenvalue weighted by atomic mass is 9.89. The minimum Gasteiger partial charge on any atom is -0.396 e. The molecule has 5 nitrogen and oxygen atoms in total. The predicted molar refractivity (Wildman–Crippen MR) is 68.4 cm³/mol. The molecule has 0 unspecified atom stereocenters. The van der Waals surface area contributed by atoms with Gasteiger partial charge >= 0.3 is 0 Å². The highest BCUT2D eigenvalue weighted by Gasteiger charge is 2.22. The van der Waals surface area contributed by atoms with Crippen LogP contribution in [0.4, 0.5) is 0 Å². The van der Waals surface area contributed by atoms with Gasteiger partial charge in [0.15, 0.2) is 0 Å². The highest BCUT2D eigenvalue weighted by molar-refractivity contribution is 5.96. The van der Waals surface area contributed by atoms with Gasteiger partial charge in [0.1, 0.15) is 11.3 Å². The first kappa shape index (κ1) is 14.7. The molecule has 102 valence electrons. The van der Waals surface area contributed by atoms with Gasteiger partial charge in [-0.25, -0.2) is 0 Å². The second-order valence-corrected chi connectivity index (χ2v) is 5.23. The van der Waals surface area contributed by atoms with Gasteiger partial charge in [0, 0.05) is 13.2 Å². The molecule has 1 aromatic heterocycles. The molecule has 0 radical (unpaired) electrons. The summed E-state index contributed by atoms with van der Waals surface area (Å²) in [5.74, 6) is 0.390. The molecule has 1 amide bonds. The Bertz CT molecular complexity index is 410. The van der Waals surface area contributed by atoms with Gasteiger partial charge in [-0.15, -0.1) is 0 Å². The van der Waals surface area contributed by atoms with Crippen molar-refractivity contribution in [1.29, 1.82) is 0 Å². The summed E-state index contributed by atoms with van der Waals surface area (Å²) in [6.45, 7) is 8.31. The quantitative estimate of drug-likeness (QED) is 0.810. The SMILES string of the molecule is CCc1noc(C)c1C(=O)NCC(C)(C)CCO. The van der Waals surface area contributed by atoms with E-state index in [1.807, 2.05) is 20.8 Å². The Kier molecular flexibility index (Phi) is 4.90. The van der Waals surface area contributed by atoms with Crippen LogP contribution in [0.25, 0.3) is 0 Å². The zero-order chi connectivity index (χ0) is 13.8. The van der Waals surface area contributed by atoms with E-state index in [1.165, 1.54) is 0 Å². The number of aryl methyl sites for hydroxylation is 2. The van der Waals surface area contributed by atoms with Crippen molar-refractivity contribution in [1.82, 2.24) is 10.5 Å². The summed E-state index contributed by atoms with van der Waals surface area (Å²) < 4.78 is 5.04. The number of nitrogens with one attached hydrogen (secondary N) is 1. The first-order chi connectivity index (χ1) is 8.41. The van der Waals surface area contributed by atoms with Crippen molar-refractivity contribution in [3.8, 4) is 0 Å². The summed E-state index contributed by atoms with van der Waals surface area (Å²) in [4.78, 5) is 12.1. The van der Waals surface area contributed by atoms with Gasteiger partial charge in [0.25, 0.3) is 5.91 Å². The minimum atomic E-state index is -0.156. The Hall–Kier alpha value is -1.36. The average molecular weight is 254 g/mol. The summed E-state index contributed by atoms with van der Waals surface area (Å²) in [5.41, 5.74) is 1.10. The van der Waals surface area contributed by atoms with E-state index >= 15 is 0 Å². The highest BCUT2D eigenvalue weighted by Crippen LogP contribution is 2.19. The fourth-order valence-corrected chi connectivity index (χ4v) is 1.75. The van der Waals surface area contributed by atoms with Crippen LogP contribution in [0.15, 0.2) is 4.52 Å². The number of rotatable bonds is 6. The number of aliphatic hydroxyl groups excluding tert-OH is 1. The summed E-state index contributed by atoms with van der Waals surface area (Å²) in [6, 6.07) is 0. The van der Waals surface area contributed by atoms with Crippen LogP contribution >= 0.6 is 0 Å². The van der Waals surface area contributed by atoms with Crippen molar-refractivity contribution in [3.05, 3.63) is 17.0 Å². The molecule has 1 aromatic rings. The van der Waals surface area contributed by atoms with Crippen molar-refractivity contribution in [3.63, 3.8) is 0 Å². The second kappa shape index (κ2) is 6.00. The fraction of sp³-hybridized carbons (Fsp3) is 0.692. The third-order valence-corrected chi connectivity index (χ3v) is 3.01. The normalized spacial score (nSPS) is 11.6. The number of aromatic nitrogens is 1. The zero-order valence-electron chi connectivity index (χ0n) is 11.5. The Morgan fingerprint density at radius 2 is 2.17 bits per heavy atom. The summed E-state index contributed by atoms with van der Waals surface area (Å²) in [5, 5.41) is 15.7. The van der Waals surface area contributed by atoms with Gasteiger partial charge in [-0.3, -0.25) is 4.79 Å². The molecule has 2 N–H and O–H groups in total. The predicted octanol–water partition coefficient (Wildman–Crippen LogP) is 1.68. The molecule has 0 aromatic carbocycles. The number of aliphatic hydroxyl groups is 1. The summed E-state index contributed by atoms with van der Waals surface area (Å²) in [6.07, 6.45) is 1.32. The Morgan fingerprint density at radius 1 is 1.50 bits per heavy atom. The molecular formula is C13H22N2O3. The molecule has 0 saturated carbocycles. The van der Waals surface area contributed by atoms with Crippen LogP contribution < -0.4 is 5.32 Å². The molecule has 1 rings (SSSR count). The molecule has 1 heterocycles. The number of carbonyl (C=O) groups is 1. The van der Waals surface area contributed by atoms with E-state index in [1.54, 1.807) is 6.92 Å². The van der Waals surface area contributed by atoms with E-state index in [2.05, 4.69) is 10.5 Å². The van der Waals surface area contributed by atoms with Crippen LogP contribution in [0.3, 0.4) is 0 Å². The second-order valence-electron chi connectivity index (χ2n) is 5.23. The molecule has 0 aliphatic rings. The number of nitrogens with zero attached hydrogens (tertiary/aromatic N) is 1. The van der Waals surface area contributed by atoms with Crippen LogP contribution in [0.5, 0.6) is 0 Å². The van der Waals surface area contributed by atoms with Gasteiger partial charge in [-0.1, -0.05) is 25.9 Å². The maximum atomic E-state index is 12.1. The lowest BCUT2D eigenvalue weighted by Crippen LogP contribution is -2.35. The van der Waals surface area contributed by atoms with Gasteiger partial charge in [-0.2, -0.15) is 0 Å². The number of hydrogen-bond donors (Lipinski definition) is 2. The van der Waals surface area contributed by atoms with Gasteiger partial charge in [-0.05, 0) is 25.2 Å². The van der Waals surface area contributed by atoms with E-state index in [0.29, 0.717) is 36.4 Å². The van der Waals surface area contributed by atoms with E-state index < -0.39 is 0 Å². The van der Waals surface area contributed by atoms with Crippen LogP contribution in [0.2, 0.25) is 0 Å². The molecular weight excluding hydrogens is 232 g/mol. The number of carbonyl (C=O) groups excluding carboxylic acids is 1. The van der Waals surface area contributed by atoms with Gasteiger partial charge < -0.3 is 14.9 Å². The van der Waals surface area contributed by atoms with Crippen molar-refractivity contribution < 1.29 is 14.4 Å². The molecule has 0 aliphatic heterocycles. The van der Waals surface area contributed by atoms with E-state index in [0.717, 1.165) is 0 Å². The highest BCUT2D eigenvalue weighted by atomic mass is 16.5. The molecule has 0 saturated heterocycles. The van der Waals surface area contributed by atoms with Crippen LogP contribution in [0.1, 0.15) is 49.0 Å². The van der Waals surface area contributed by atoms with Gasteiger partial charge in [0.2, 0.25) is 0 Å². The third kappa shape index (κ3) is 3.57. The topological polar surface area (TPSA) is 75.4 Å². The van der Waals surface area contributed by atoms with E-state index in [9.17, 15) is 4.79 Å². The van der Waals surface area contributed by atoms with Crippen LogP contribution in [-0.4, -0.2) is 29.3 Å². The monoisotopic (exact) mass is 254 g/mol. The Morgan fingerprint density at radius 3 is 2.72 bits per heavy atom. The Labute approximate surface area is 108 Å². The van der Waals surface area contributed by atoms with Crippen molar-refractivity contribution in [2.75, 3.05) is 13.2 Å². The Balaban J connectivity index is 2.68. The smallest absolute Gasteiger partial charge is 0.256 e.